The molecule has 0 aliphatic heterocycles. The lowest BCUT2D eigenvalue weighted by Crippen LogP contribution is -2.08. The monoisotopic (exact) mass is 250 g/mol. The van der Waals surface area contributed by atoms with Crippen molar-refractivity contribution in [2.75, 3.05) is 0 Å². The molecule has 0 aromatic carbocycles. The van der Waals surface area contributed by atoms with Crippen molar-refractivity contribution in [3.05, 3.63) is 29.3 Å². The molecular formula is C8H6N6O2S. The number of thiazole rings is 1. The van der Waals surface area contributed by atoms with Gasteiger partial charge in [-0.1, -0.05) is 5.21 Å². The summed E-state index contributed by atoms with van der Waals surface area (Å²) in [5.41, 5.74) is 0.436. The molecule has 86 valence electrons. The lowest BCUT2D eigenvalue weighted by Gasteiger charge is -1.99. The van der Waals surface area contributed by atoms with E-state index in [1.807, 2.05) is 0 Å². The van der Waals surface area contributed by atoms with Crippen LogP contribution in [0.4, 0.5) is 0 Å². The Morgan fingerprint density at radius 3 is 3.35 bits per heavy atom. The molecule has 0 aliphatic carbocycles. The van der Waals surface area contributed by atoms with E-state index in [1.165, 1.54) is 11.3 Å². The lowest BCUT2D eigenvalue weighted by molar-refractivity contribution is 0.0454. The Kier molecular flexibility index (Phi) is 2.29. The first kappa shape index (κ1) is 9.90. The Balaban J connectivity index is 1.76. The number of nitrogens with one attached hydrogen (secondary N) is 1. The molecule has 3 aromatic heterocycles. The molecule has 0 aliphatic rings. The quantitative estimate of drug-likeness (QED) is 0.670. The maximum absolute atomic E-state index is 11.8. The van der Waals surface area contributed by atoms with E-state index in [0.29, 0.717) is 11.5 Å². The average Bonchev–Trinajstić information content (AvgIpc) is 3.02. The van der Waals surface area contributed by atoms with Gasteiger partial charge < -0.3 is 4.74 Å². The topological polar surface area (TPSA) is 98.1 Å². The van der Waals surface area contributed by atoms with Crippen molar-refractivity contribution >= 4 is 22.3 Å². The summed E-state index contributed by atoms with van der Waals surface area (Å²) in [5.74, 6) is -0.116. The number of carbonyl (C=O) groups excluding carboxylic acids is 1. The number of esters is 1. The Labute approximate surface area is 98.2 Å². The van der Waals surface area contributed by atoms with Gasteiger partial charge in [-0.2, -0.15) is 5.21 Å². The summed E-state index contributed by atoms with van der Waals surface area (Å²) < 4.78 is 6.71. The van der Waals surface area contributed by atoms with Crippen LogP contribution in [-0.4, -0.2) is 36.0 Å². The molecule has 0 unspecified atom stereocenters. The Morgan fingerprint density at radius 2 is 2.53 bits per heavy atom. The molecule has 3 rings (SSSR count). The normalized spacial score (nSPS) is 10.8. The number of H-pyrrole nitrogens is 1. The first-order chi connectivity index (χ1) is 8.34. The summed E-state index contributed by atoms with van der Waals surface area (Å²) >= 11 is 1.37. The first-order valence-corrected chi connectivity index (χ1v) is 5.52. The summed E-state index contributed by atoms with van der Waals surface area (Å²) in [6.07, 6.45) is 3.33. The maximum Gasteiger partial charge on any atom is 0.356 e. The van der Waals surface area contributed by atoms with Crippen molar-refractivity contribution < 1.29 is 9.53 Å². The number of hydrogen-bond donors (Lipinski definition) is 1. The van der Waals surface area contributed by atoms with Crippen LogP contribution in [0.2, 0.25) is 0 Å². The van der Waals surface area contributed by atoms with Gasteiger partial charge in [-0.3, -0.25) is 4.40 Å². The highest BCUT2D eigenvalue weighted by atomic mass is 32.1. The lowest BCUT2D eigenvalue weighted by atomic mass is 10.5. The van der Waals surface area contributed by atoms with Crippen LogP contribution >= 0.6 is 11.3 Å². The molecule has 0 bridgehead atoms. The van der Waals surface area contributed by atoms with Crippen molar-refractivity contribution in [3.8, 4) is 0 Å². The van der Waals surface area contributed by atoms with Crippen LogP contribution in [-0.2, 0) is 11.3 Å². The van der Waals surface area contributed by atoms with Gasteiger partial charge in [0, 0.05) is 17.8 Å². The molecule has 3 heterocycles. The van der Waals surface area contributed by atoms with Gasteiger partial charge in [0.05, 0.1) is 0 Å². The maximum atomic E-state index is 11.8. The van der Waals surface area contributed by atoms with Crippen molar-refractivity contribution in [3.63, 3.8) is 0 Å². The number of aromatic amines is 1. The molecule has 3 aromatic rings. The Bertz CT molecular complexity index is 642. The standard InChI is InChI=1S/C8H6N6O2S/c15-7(16-3-6-10-12-13-11-6)5-4-17-8-9-1-2-14(5)8/h1-2,4H,3H2,(H,10,11,12,13). The molecule has 0 radical (unpaired) electrons. The van der Waals surface area contributed by atoms with Crippen LogP contribution in [0.15, 0.2) is 17.8 Å². The smallest absolute Gasteiger partial charge is 0.356 e. The van der Waals surface area contributed by atoms with E-state index in [1.54, 1.807) is 22.2 Å². The molecule has 0 atom stereocenters. The molecule has 0 fully saturated rings. The highest BCUT2D eigenvalue weighted by Gasteiger charge is 2.14. The number of fused-ring (bicyclic) bond motifs is 1. The van der Waals surface area contributed by atoms with Crippen LogP contribution < -0.4 is 0 Å². The van der Waals surface area contributed by atoms with E-state index >= 15 is 0 Å². The third kappa shape index (κ3) is 1.76. The zero-order chi connectivity index (χ0) is 11.7. The van der Waals surface area contributed by atoms with Crippen LogP contribution in [0.1, 0.15) is 16.3 Å². The van der Waals surface area contributed by atoms with Crippen molar-refractivity contribution in [1.29, 1.82) is 0 Å². The summed E-state index contributed by atoms with van der Waals surface area (Å²) in [5, 5.41) is 14.7. The number of imidazole rings is 1. The number of hydrogen-bond acceptors (Lipinski definition) is 7. The zero-order valence-corrected chi connectivity index (χ0v) is 9.22. The minimum absolute atomic E-state index is 0.0125. The van der Waals surface area contributed by atoms with E-state index in [2.05, 4.69) is 25.6 Å². The van der Waals surface area contributed by atoms with E-state index < -0.39 is 5.97 Å². The number of tetrazole rings is 1. The second kappa shape index (κ2) is 3.94. The van der Waals surface area contributed by atoms with Crippen LogP contribution in [0.3, 0.4) is 0 Å². The predicted octanol–water partition coefficient (Wildman–Crippen LogP) is 0.266. The summed E-state index contributed by atoms with van der Waals surface area (Å²) in [6, 6.07) is 0. The van der Waals surface area contributed by atoms with Crippen molar-refractivity contribution in [2.24, 2.45) is 0 Å². The number of carbonyl (C=O) groups is 1. The fourth-order valence-corrected chi connectivity index (χ4v) is 2.14. The number of rotatable bonds is 3. The highest BCUT2D eigenvalue weighted by Crippen LogP contribution is 2.15. The van der Waals surface area contributed by atoms with Crippen LogP contribution in [0, 0.1) is 0 Å². The van der Waals surface area contributed by atoms with Gasteiger partial charge >= 0.3 is 5.97 Å². The SMILES string of the molecule is O=C(OCc1nn[nH]n1)c1csc2nccn12. The van der Waals surface area contributed by atoms with Crippen molar-refractivity contribution in [2.45, 2.75) is 6.61 Å². The Morgan fingerprint density at radius 1 is 1.59 bits per heavy atom. The average molecular weight is 250 g/mol. The molecule has 0 saturated carbocycles. The van der Waals surface area contributed by atoms with E-state index in [9.17, 15) is 4.79 Å². The molecule has 1 N–H and O–H groups in total. The fourth-order valence-electron chi connectivity index (χ4n) is 1.32. The van der Waals surface area contributed by atoms with Gasteiger partial charge in [0.15, 0.2) is 11.6 Å². The molecule has 8 nitrogen and oxygen atoms in total. The van der Waals surface area contributed by atoms with Gasteiger partial charge in [0.1, 0.15) is 5.69 Å². The van der Waals surface area contributed by atoms with Gasteiger partial charge in [-0.25, -0.2) is 9.78 Å². The van der Waals surface area contributed by atoms with Gasteiger partial charge in [-0.15, -0.1) is 21.5 Å². The van der Waals surface area contributed by atoms with E-state index in [4.69, 9.17) is 4.74 Å². The molecule has 0 spiro atoms. The van der Waals surface area contributed by atoms with Gasteiger partial charge in [0.25, 0.3) is 0 Å². The van der Waals surface area contributed by atoms with Crippen LogP contribution in [0.5, 0.6) is 0 Å². The third-order valence-corrected chi connectivity index (χ3v) is 2.93. The Hall–Kier alpha value is -2.29. The number of ether oxygens (including phenoxy) is 1. The minimum atomic E-state index is -0.445. The predicted molar refractivity (Wildman–Crippen MR) is 56.4 cm³/mol. The molecule has 0 amide bonds. The van der Waals surface area contributed by atoms with Gasteiger partial charge in [0.2, 0.25) is 5.82 Å². The largest absolute Gasteiger partial charge is 0.453 e. The van der Waals surface area contributed by atoms with Crippen molar-refractivity contribution in [1.82, 2.24) is 30.0 Å². The minimum Gasteiger partial charge on any atom is -0.453 e. The highest BCUT2D eigenvalue weighted by molar-refractivity contribution is 7.15. The molecule has 9 heteroatoms. The van der Waals surface area contributed by atoms with E-state index in [-0.39, 0.29) is 6.61 Å². The summed E-state index contributed by atoms with van der Waals surface area (Å²) in [7, 11) is 0. The molecule has 0 saturated heterocycles. The molecule has 17 heavy (non-hydrogen) atoms. The van der Waals surface area contributed by atoms with Gasteiger partial charge in [-0.05, 0) is 0 Å². The zero-order valence-electron chi connectivity index (χ0n) is 8.40. The summed E-state index contributed by atoms with van der Waals surface area (Å²) in [4.78, 5) is 16.6. The second-order valence-electron chi connectivity index (χ2n) is 3.10. The van der Waals surface area contributed by atoms with Crippen LogP contribution in [0.25, 0.3) is 4.96 Å². The van der Waals surface area contributed by atoms with E-state index in [0.717, 1.165) is 4.96 Å². The number of aromatic nitrogens is 6. The first-order valence-electron chi connectivity index (χ1n) is 4.64. The summed E-state index contributed by atoms with van der Waals surface area (Å²) in [6.45, 7) is -0.0125. The number of nitrogens with zero attached hydrogens (tertiary/aromatic N) is 5. The fraction of sp³-hybridized carbons (Fsp3) is 0.125. The third-order valence-electron chi connectivity index (χ3n) is 2.07. The molecular weight excluding hydrogens is 244 g/mol. The second-order valence-corrected chi connectivity index (χ2v) is 3.94.